The monoisotopic (exact) mass is 337 g/mol. The molecule has 6 heteroatoms. The first kappa shape index (κ1) is 13.3. The third-order valence-corrected chi connectivity index (χ3v) is 3.43. The fraction of sp³-hybridized carbons (Fsp3) is 0.286. The number of aromatic nitrogens is 2. The van der Waals surface area contributed by atoms with Crippen LogP contribution in [0.15, 0.2) is 28.7 Å². The van der Waals surface area contributed by atoms with Crippen LogP contribution >= 0.6 is 15.9 Å². The Morgan fingerprint density at radius 2 is 2.05 bits per heavy atom. The van der Waals surface area contributed by atoms with Crippen LogP contribution in [0.4, 0.5) is 10.2 Å². The normalized spacial score (nSPS) is 14.2. The van der Waals surface area contributed by atoms with Gasteiger partial charge in [0.05, 0.1) is 0 Å². The van der Waals surface area contributed by atoms with Gasteiger partial charge in [0, 0.05) is 29.6 Å². The van der Waals surface area contributed by atoms with Crippen LogP contribution in [0, 0.1) is 5.82 Å². The molecule has 0 radical (unpaired) electrons. The van der Waals surface area contributed by atoms with E-state index < -0.39 is 0 Å². The highest BCUT2D eigenvalue weighted by atomic mass is 79.9. The van der Waals surface area contributed by atoms with Crippen LogP contribution in [-0.2, 0) is 0 Å². The fourth-order valence-corrected chi connectivity index (χ4v) is 2.30. The number of ether oxygens (including phenoxy) is 1. The lowest BCUT2D eigenvalue weighted by atomic mass is 10.3. The number of benzene rings is 1. The van der Waals surface area contributed by atoms with Crippen LogP contribution in [0.1, 0.15) is 24.6 Å². The molecule has 1 N–H and O–H groups in total. The van der Waals surface area contributed by atoms with Crippen molar-refractivity contribution in [1.82, 2.24) is 9.97 Å². The van der Waals surface area contributed by atoms with Gasteiger partial charge < -0.3 is 10.1 Å². The highest BCUT2D eigenvalue weighted by Crippen LogP contribution is 2.39. The molecule has 1 aromatic heterocycles. The van der Waals surface area contributed by atoms with Crippen molar-refractivity contribution in [2.24, 2.45) is 0 Å². The molecule has 0 spiro atoms. The molecule has 1 fully saturated rings. The molecule has 1 aromatic carbocycles. The fourth-order valence-electron chi connectivity index (χ4n) is 1.86. The Morgan fingerprint density at radius 3 is 2.70 bits per heavy atom. The standard InChI is InChI=1S/C14H13BrFN3O/c1-17-12-7-13(19-14(18-12)8-2-3-8)20-11-5-9(15)4-10(16)6-11/h4-8H,2-3H2,1H3,(H,17,18,19). The number of anilines is 1. The molecule has 0 amide bonds. The van der Waals surface area contributed by atoms with Gasteiger partial charge in [-0.2, -0.15) is 4.98 Å². The van der Waals surface area contributed by atoms with Gasteiger partial charge in [0.15, 0.2) is 0 Å². The number of hydrogen-bond donors (Lipinski definition) is 1. The SMILES string of the molecule is CNc1cc(Oc2cc(F)cc(Br)c2)nc(C2CC2)n1. The van der Waals surface area contributed by atoms with E-state index in [2.05, 4.69) is 31.2 Å². The Morgan fingerprint density at radius 1 is 1.25 bits per heavy atom. The maximum Gasteiger partial charge on any atom is 0.224 e. The van der Waals surface area contributed by atoms with Crippen molar-refractivity contribution in [3.63, 3.8) is 0 Å². The second-order valence-corrected chi connectivity index (χ2v) is 5.60. The van der Waals surface area contributed by atoms with Crippen LogP contribution in [0.3, 0.4) is 0 Å². The lowest BCUT2D eigenvalue weighted by Gasteiger charge is -2.09. The molecule has 104 valence electrons. The van der Waals surface area contributed by atoms with Crippen LogP contribution in [0.2, 0.25) is 0 Å². The summed E-state index contributed by atoms with van der Waals surface area (Å²) in [6.07, 6.45) is 2.22. The summed E-state index contributed by atoms with van der Waals surface area (Å²) in [6.45, 7) is 0. The molecule has 0 unspecified atom stereocenters. The largest absolute Gasteiger partial charge is 0.439 e. The van der Waals surface area contributed by atoms with E-state index in [9.17, 15) is 4.39 Å². The molecule has 0 bridgehead atoms. The summed E-state index contributed by atoms with van der Waals surface area (Å²) in [6, 6.07) is 6.09. The van der Waals surface area contributed by atoms with Crippen molar-refractivity contribution in [2.45, 2.75) is 18.8 Å². The molecular weight excluding hydrogens is 325 g/mol. The van der Waals surface area contributed by atoms with Gasteiger partial charge >= 0.3 is 0 Å². The van der Waals surface area contributed by atoms with Gasteiger partial charge in [-0.25, -0.2) is 9.37 Å². The molecule has 1 aliphatic rings. The number of nitrogens with one attached hydrogen (secondary N) is 1. The maximum absolute atomic E-state index is 13.3. The van der Waals surface area contributed by atoms with Crippen molar-refractivity contribution >= 4 is 21.7 Å². The first-order valence-corrected chi connectivity index (χ1v) is 7.14. The third-order valence-electron chi connectivity index (χ3n) is 2.98. The van der Waals surface area contributed by atoms with Crippen molar-refractivity contribution < 1.29 is 9.13 Å². The smallest absolute Gasteiger partial charge is 0.224 e. The van der Waals surface area contributed by atoms with Gasteiger partial charge in [0.2, 0.25) is 5.88 Å². The molecule has 1 aliphatic carbocycles. The first-order valence-electron chi connectivity index (χ1n) is 6.35. The van der Waals surface area contributed by atoms with Crippen LogP contribution in [0.25, 0.3) is 0 Å². The Labute approximate surface area is 124 Å². The minimum Gasteiger partial charge on any atom is -0.439 e. The van der Waals surface area contributed by atoms with Gasteiger partial charge in [-0.15, -0.1) is 0 Å². The summed E-state index contributed by atoms with van der Waals surface area (Å²) in [5, 5.41) is 2.98. The van der Waals surface area contributed by atoms with Crippen LogP contribution in [0.5, 0.6) is 11.6 Å². The summed E-state index contributed by atoms with van der Waals surface area (Å²) in [4.78, 5) is 8.79. The molecule has 0 aliphatic heterocycles. The lowest BCUT2D eigenvalue weighted by Crippen LogP contribution is -2.01. The predicted molar refractivity (Wildman–Crippen MR) is 77.7 cm³/mol. The zero-order valence-corrected chi connectivity index (χ0v) is 12.4. The molecule has 1 saturated carbocycles. The average Bonchev–Trinajstić information content (AvgIpc) is 3.21. The molecule has 3 rings (SSSR count). The van der Waals surface area contributed by atoms with Crippen LogP contribution < -0.4 is 10.1 Å². The number of nitrogens with zero attached hydrogens (tertiary/aromatic N) is 2. The summed E-state index contributed by atoms with van der Waals surface area (Å²) >= 11 is 3.24. The third kappa shape index (κ3) is 3.07. The topological polar surface area (TPSA) is 47.0 Å². The van der Waals surface area contributed by atoms with Gasteiger partial charge in [0.25, 0.3) is 0 Å². The zero-order valence-electron chi connectivity index (χ0n) is 10.9. The first-order chi connectivity index (χ1) is 9.64. The van der Waals surface area contributed by atoms with Gasteiger partial charge in [-0.1, -0.05) is 15.9 Å². The Hall–Kier alpha value is -1.69. The second-order valence-electron chi connectivity index (χ2n) is 4.68. The van der Waals surface area contributed by atoms with E-state index in [1.807, 2.05) is 0 Å². The molecule has 2 aromatic rings. The number of hydrogen-bond acceptors (Lipinski definition) is 4. The quantitative estimate of drug-likeness (QED) is 0.912. The Bertz CT molecular complexity index is 626. The van der Waals surface area contributed by atoms with Gasteiger partial charge in [0.1, 0.15) is 23.2 Å². The summed E-state index contributed by atoms with van der Waals surface area (Å²) in [5.74, 6) is 2.36. The van der Waals surface area contributed by atoms with E-state index in [1.54, 1.807) is 19.2 Å². The van der Waals surface area contributed by atoms with Crippen molar-refractivity contribution in [1.29, 1.82) is 0 Å². The zero-order chi connectivity index (χ0) is 14.1. The average molecular weight is 338 g/mol. The highest BCUT2D eigenvalue weighted by molar-refractivity contribution is 9.10. The summed E-state index contributed by atoms with van der Waals surface area (Å²) < 4.78 is 19.6. The van der Waals surface area contributed by atoms with E-state index in [0.29, 0.717) is 27.8 Å². The highest BCUT2D eigenvalue weighted by Gasteiger charge is 2.27. The van der Waals surface area contributed by atoms with E-state index >= 15 is 0 Å². The van der Waals surface area contributed by atoms with E-state index in [4.69, 9.17) is 4.74 Å². The second kappa shape index (κ2) is 5.36. The maximum atomic E-state index is 13.3. The minimum absolute atomic E-state index is 0.361. The molecule has 1 heterocycles. The lowest BCUT2D eigenvalue weighted by molar-refractivity contribution is 0.454. The van der Waals surface area contributed by atoms with Gasteiger partial charge in [-0.3, -0.25) is 0 Å². The van der Waals surface area contributed by atoms with E-state index in [-0.39, 0.29) is 5.82 Å². The number of rotatable bonds is 4. The van der Waals surface area contributed by atoms with E-state index in [0.717, 1.165) is 18.7 Å². The number of halogens is 2. The van der Waals surface area contributed by atoms with Crippen molar-refractivity contribution in [2.75, 3.05) is 12.4 Å². The van der Waals surface area contributed by atoms with Crippen LogP contribution in [-0.4, -0.2) is 17.0 Å². The Balaban J connectivity index is 1.90. The van der Waals surface area contributed by atoms with Gasteiger partial charge in [-0.05, 0) is 25.0 Å². The molecule has 0 atom stereocenters. The molecule has 20 heavy (non-hydrogen) atoms. The predicted octanol–water partition coefficient (Wildman–Crippen LogP) is 4.09. The van der Waals surface area contributed by atoms with Crippen molar-refractivity contribution in [3.8, 4) is 11.6 Å². The molecular formula is C14H13BrFN3O. The molecule has 4 nitrogen and oxygen atoms in total. The molecule has 0 saturated heterocycles. The minimum atomic E-state index is -0.361. The van der Waals surface area contributed by atoms with E-state index in [1.165, 1.54) is 12.1 Å². The summed E-state index contributed by atoms with van der Waals surface area (Å²) in [7, 11) is 1.79. The Kier molecular flexibility index (Phi) is 3.56. The summed E-state index contributed by atoms with van der Waals surface area (Å²) in [5.41, 5.74) is 0. The van der Waals surface area contributed by atoms with Crippen molar-refractivity contribution in [3.05, 3.63) is 40.4 Å².